The SMILES string of the molecule is CC1=C2C(=O)C([Si](C)(C)C)=C3CCC4OC[C@H](CC1)C324. The standard InChI is InChI=1S/C17H24O2Si/c1-10-5-6-11-9-19-13-8-7-12-16(20(2,3)4)15(18)14(10)17(11,12)13/h11,13H,5-9H2,1-4H3/t11-,13?,17?/m0/s1. The van der Waals surface area contributed by atoms with E-state index in [0.29, 0.717) is 17.8 Å². The van der Waals surface area contributed by atoms with Crippen molar-refractivity contribution in [3.8, 4) is 0 Å². The molecule has 20 heavy (non-hydrogen) atoms. The van der Waals surface area contributed by atoms with Gasteiger partial charge in [0.2, 0.25) is 0 Å². The van der Waals surface area contributed by atoms with Crippen LogP contribution in [0.15, 0.2) is 21.9 Å². The van der Waals surface area contributed by atoms with Gasteiger partial charge in [-0.2, -0.15) is 0 Å². The van der Waals surface area contributed by atoms with Crippen LogP contribution in [-0.4, -0.2) is 26.6 Å². The van der Waals surface area contributed by atoms with E-state index in [1.165, 1.54) is 28.3 Å². The zero-order valence-electron chi connectivity index (χ0n) is 13.0. The van der Waals surface area contributed by atoms with Crippen molar-refractivity contribution < 1.29 is 9.53 Å². The van der Waals surface area contributed by atoms with Crippen LogP contribution < -0.4 is 0 Å². The van der Waals surface area contributed by atoms with Gasteiger partial charge in [-0.25, -0.2) is 0 Å². The van der Waals surface area contributed by atoms with E-state index in [0.717, 1.165) is 25.9 Å². The predicted molar refractivity (Wildman–Crippen MR) is 82.2 cm³/mol. The summed E-state index contributed by atoms with van der Waals surface area (Å²) in [4.78, 5) is 13.2. The number of hydrogen-bond acceptors (Lipinski definition) is 2. The molecule has 3 heteroatoms. The maximum absolute atomic E-state index is 13.2. The van der Waals surface area contributed by atoms with Crippen LogP contribution in [0.3, 0.4) is 0 Å². The van der Waals surface area contributed by atoms with Crippen LogP contribution in [0, 0.1) is 11.3 Å². The third kappa shape index (κ3) is 1.27. The highest BCUT2D eigenvalue weighted by Crippen LogP contribution is 2.67. The molecule has 0 aromatic carbocycles. The molecule has 0 aromatic heterocycles. The van der Waals surface area contributed by atoms with E-state index in [4.69, 9.17) is 4.74 Å². The van der Waals surface area contributed by atoms with Crippen LogP contribution in [0.5, 0.6) is 0 Å². The molecule has 108 valence electrons. The number of rotatable bonds is 1. The Hall–Kier alpha value is -0.673. The van der Waals surface area contributed by atoms with Gasteiger partial charge in [-0.15, -0.1) is 0 Å². The topological polar surface area (TPSA) is 26.3 Å². The van der Waals surface area contributed by atoms with Crippen molar-refractivity contribution in [2.75, 3.05) is 6.61 Å². The molecule has 0 radical (unpaired) electrons. The zero-order chi connectivity index (χ0) is 14.3. The van der Waals surface area contributed by atoms with E-state index in [1.54, 1.807) is 0 Å². The maximum Gasteiger partial charge on any atom is 0.181 e. The molecule has 2 fully saturated rings. The van der Waals surface area contributed by atoms with Crippen molar-refractivity contribution in [1.82, 2.24) is 0 Å². The number of carbonyl (C=O) groups excluding carboxylic acids is 1. The van der Waals surface area contributed by atoms with E-state index < -0.39 is 8.07 Å². The molecular weight excluding hydrogens is 264 g/mol. The number of hydrogen-bond donors (Lipinski definition) is 0. The second-order valence-corrected chi connectivity index (χ2v) is 13.1. The molecule has 1 aliphatic heterocycles. The van der Waals surface area contributed by atoms with Gasteiger partial charge in [-0.3, -0.25) is 4.79 Å². The van der Waals surface area contributed by atoms with E-state index in [1.807, 2.05) is 0 Å². The quantitative estimate of drug-likeness (QED) is 0.688. The first-order chi connectivity index (χ1) is 9.38. The Labute approximate surface area is 122 Å². The van der Waals surface area contributed by atoms with Gasteiger partial charge in [0, 0.05) is 5.57 Å². The third-order valence-electron chi connectivity index (χ3n) is 6.02. The maximum atomic E-state index is 13.2. The van der Waals surface area contributed by atoms with Crippen LogP contribution in [0.2, 0.25) is 19.6 Å². The van der Waals surface area contributed by atoms with Crippen molar-refractivity contribution >= 4 is 13.9 Å². The highest BCUT2D eigenvalue weighted by atomic mass is 28.3. The molecule has 0 aromatic rings. The molecule has 0 bridgehead atoms. The van der Waals surface area contributed by atoms with E-state index in [9.17, 15) is 4.79 Å². The molecule has 3 atom stereocenters. The summed E-state index contributed by atoms with van der Waals surface area (Å²) in [5.41, 5.74) is 4.08. The molecule has 1 heterocycles. The average molecular weight is 288 g/mol. The lowest BCUT2D eigenvalue weighted by molar-refractivity contribution is -0.112. The molecule has 2 nitrogen and oxygen atoms in total. The lowest BCUT2D eigenvalue weighted by Crippen LogP contribution is -2.37. The summed E-state index contributed by atoms with van der Waals surface area (Å²) in [7, 11) is -1.59. The highest BCUT2D eigenvalue weighted by molar-refractivity contribution is 6.88. The van der Waals surface area contributed by atoms with E-state index in [2.05, 4.69) is 26.6 Å². The second-order valence-electron chi connectivity index (χ2n) is 8.05. The van der Waals surface area contributed by atoms with Crippen molar-refractivity contribution in [3.63, 3.8) is 0 Å². The van der Waals surface area contributed by atoms with Crippen LogP contribution in [0.4, 0.5) is 0 Å². The lowest BCUT2D eigenvalue weighted by atomic mass is 9.63. The number of carbonyl (C=O) groups is 1. The monoisotopic (exact) mass is 288 g/mol. The minimum atomic E-state index is -1.59. The Morgan fingerprint density at radius 2 is 1.95 bits per heavy atom. The molecule has 0 N–H and O–H groups in total. The van der Waals surface area contributed by atoms with E-state index in [-0.39, 0.29) is 5.41 Å². The summed E-state index contributed by atoms with van der Waals surface area (Å²) in [6, 6.07) is 0. The predicted octanol–water partition coefficient (Wildman–Crippen LogP) is 3.65. The molecule has 1 saturated carbocycles. The van der Waals surface area contributed by atoms with E-state index >= 15 is 0 Å². The summed E-state index contributed by atoms with van der Waals surface area (Å²) < 4.78 is 6.15. The molecule has 2 unspecified atom stereocenters. The lowest BCUT2D eigenvalue weighted by Gasteiger charge is -2.38. The molecule has 4 rings (SSSR count). The van der Waals surface area contributed by atoms with Crippen LogP contribution in [0.25, 0.3) is 0 Å². The molecule has 1 saturated heterocycles. The van der Waals surface area contributed by atoms with Gasteiger partial charge < -0.3 is 4.74 Å². The van der Waals surface area contributed by atoms with Crippen molar-refractivity contribution in [2.24, 2.45) is 11.3 Å². The first-order valence-electron chi connectivity index (χ1n) is 7.99. The highest BCUT2D eigenvalue weighted by Gasteiger charge is 2.66. The van der Waals surface area contributed by atoms with Gasteiger partial charge in [0.1, 0.15) is 0 Å². The minimum Gasteiger partial charge on any atom is -0.377 e. The van der Waals surface area contributed by atoms with Crippen LogP contribution in [0.1, 0.15) is 32.6 Å². The fourth-order valence-electron chi connectivity index (χ4n) is 5.46. The first-order valence-corrected chi connectivity index (χ1v) is 11.5. The van der Waals surface area contributed by atoms with Gasteiger partial charge >= 0.3 is 0 Å². The summed E-state index contributed by atoms with van der Waals surface area (Å²) in [5, 5.41) is 1.26. The Bertz CT molecular complexity index is 578. The molecule has 3 aliphatic carbocycles. The summed E-state index contributed by atoms with van der Waals surface area (Å²) in [5.74, 6) is 0.984. The van der Waals surface area contributed by atoms with Gasteiger partial charge in [0.25, 0.3) is 0 Å². The molecule has 1 spiro atoms. The largest absolute Gasteiger partial charge is 0.377 e. The van der Waals surface area contributed by atoms with Crippen LogP contribution >= 0.6 is 0 Å². The van der Waals surface area contributed by atoms with Gasteiger partial charge in [-0.05, 0) is 43.7 Å². The Kier molecular flexibility index (Phi) is 2.44. The fourth-order valence-corrected chi connectivity index (χ4v) is 7.50. The van der Waals surface area contributed by atoms with Gasteiger partial charge in [0.15, 0.2) is 5.78 Å². The Morgan fingerprint density at radius 1 is 1.20 bits per heavy atom. The number of ketones is 1. The third-order valence-corrected chi connectivity index (χ3v) is 8.05. The Balaban J connectivity index is 2.05. The number of ether oxygens (including phenoxy) is 1. The average Bonchev–Trinajstić information content (AvgIpc) is 2.92. The molecule has 0 amide bonds. The van der Waals surface area contributed by atoms with Crippen molar-refractivity contribution in [2.45, 2.75) is 58.4 Å². The first kappa shape index (κ1) is 13.0. The minimum absolute atomic E-state index is 0.0228. The van der Waals surface area contributed by atoms with Gasteiger partial charge in [0.05, 0.1) is 26.2 Å². The summed E-state index contributed by atoms with van der Waals surface area (Å²) in [6.07, 6.45) is 4.83. The molecule has 4 aliphatic rings. The second kappa shape index (κ2) is 3.75. The number of allylic oxidation sites excluding steroid dienone is 2. The summed E-state index contributed by atoms with van der Waals surface area (Å²) >= 11 is 0. The smallest absolute Gasteiger partial charge is 0.181 e. The Morgan fingerprint density at radius 3 is 2.65 bits per heavy atom. The van der Waals surface area contributed by atoms with Crippen LogP contribution in [-0.2, 0) is 9.53 Å². The normalized spacial score (nSPS) is 39.7. The zero-order valence-corrected chi connectivity index (χ0v) is 14.0. The fraction of sp³-hybridized carbons (Fsp3) is 0.706. The number of Topliss-reactive ketones (excluding diaryl/α,β-unsaturated/α-hetero) is 1. The summed E-state index contributed by atoms with van der Waals surface area (Å²) in [6.45, 7) is 10.0. The molecular formula is C17H24O2Si. The van der Waals surface area contributed by atoms with Crippen molar-refractivity contribution in [3.05, 3.63) is 21.9 Å². The van der Waals surface area contributed by atoms with Gasteiger partial charge in [-0.1, -0.05) is 30.8 Å². The van der Waals surface area contributed by atoms with Crippen molar-refractivity contribution in [1.29, 1.82) is 0 Å².